The summed E-state index contributed by atoms with van der Waals surface area (Å²) in [6.45, 7) is 0.0373. The molecule has 0 spiro atoms. The van der Waals surface area contributed by atoms with Gasteiger partial charge in [0.15, 0.2) is 5.69 Å². The number of aromatic carboxylic acids is 1. The number of rotatable bonds is 5. The number of nitrogens with zero attached hydrogens (tertiary/aromatic N) is 2. The average molecular weight is 246 g/mol. The predicted octanol–water partition coefficient (Wildman–Crippen LogP) is 1.50. The van der Waals surface area contributed by atoms with Gasteiger partial charge in [-0.2, -0.15) is 5.10 Å². The quantitative estimate of drug-likeness (QED) is 0.838. The van der Waals surface area contributed by atoms with E-state index in [9.17, 15) is 4.79 Å². The van der Waals surface area contributed by atoms with Crippen LogP contribution in [0.15, 0.2) is 36.5 Å². The van der Waals surface area contributed by atoms with Gasteiger partial charge in [0.25, 0.3) is 0 Å². The number of aliphatic hydroxyl groups is 1. The predicted molar refractivity (Wildman–Crippen MR) is 65.9 cm³/mol. The summed E-state index contributed by atoms with van der Waals surface area (Å²) in [4.78, 5) is 11.1. The Morgan fingerprint density at radius 1 is 1.28 bits per heavy atom. The van der Waals surface area contributed by atoms with E-state index in [-0.39, 0.29) is 12.3 Å². The van der Waals surface area contributed by atoms with Crippen molar-refractivity contribution in [1.82, 2.24) is 9.78 Å². The maximum absolute atomic E-state index is 11.1. The van der Waals surface area contributed by atoms with Crippen molar-refractivity contribution < 1.29 is 15.0 Å². The molecule has 0 bridgehead atoms. The van der Waals surface area contributed by atoms with Crippen molar-refractivity contribution in [3.63, 3.8) is 0 Å². The monoisotopic (exact) mass is 246 g/mol. The van der Waals surface area contributed by atoms with Gasteiger partial charge in [0, 0.05) is 18.4 Å². The van der Waals surface area contributed by atoms with Gasteiger partial charge in [0.2, 0.25) is 0 Å². The van der Waals surface area contributed by atoms with Gasteiger partial charge in [-0.05, 0) is 25.0 Å². The van der Waals surface area contributed by atoms with E-state index in [1.54, 1.807) is 10.9 Å². The largest absolute Gasteiger partial charge is 0.476 e. The van der Waals surface area contributed by atoms with E-state index >= 15 is 0 Å². The van der Waals surface area contributed by atoms with E-state index in [1.807, 2.05) is 30.3 Å². The molecule has 0 aliphatic heterocycles. The Bertz CT molecular complexity index is 534. The van der Waals surface area contributed by atoms with Crippen LogP contribution in [0.4, 0.5) is 0 Å². The van der Waals surface area contributed by atoms with Crippen LogP contribution in [0.25, 0.3) is 5.69 Å². The van der Waals surface area contributed by atoms with E-state index in [4.69, 9.17) is 10.2 Å². The Labute approximate surface area is 104 Å². The zero-order chi connectivity index (χ0) is 13.0. The molecule has 2 aromatic rings. The normalized spacial score (nSPS) is 10.5. The highest BCUT2D eigenvalue weighted by Gasteiger charge is 2.15. The number of carbonyl (C=O) groups is 1. The minimum absolute atomic E-state index is 0.0373. The second kappa shape index (κ2) is 5.46. The van der Waals surface area contributed by atoms with E-state index in [0.717, 1.165) is 5.69 Å². The molecule has 94 valence electrons. The Morgan fingerprint density at radius 2 is 2.00 bits per heavy atom. The topological polar surface area (TPSA) is 75.3 Å². The van der Waals surface area contributed by atoms with Gasteiger partial charge < -0.3 is 10.2 Å². The third kappa shape index (κ3) is 2.57. The molecule has 1 aromatic carbocycles. The first-order valence-corrected chi connectivity index (χ1v) is 5.70. The minimum atomic E-state index is -1.04. The standard InChI is InChI=1S/C13H14N2O3/c16-8-4-5-10-9-15(14-12(10)13(17)18)11-6-2-1-3-7-11/h1-3,6-7,9,16H,4-5,8H2,(H,17,18). The van der Waals surface area contributed by atoms with E-state index in [2.05, 4.69) is 5.10 Å². The number of aromatic nitrogens is 2. The van der Waals surface area contributed by atoms with E-state index in [1.165, 1.54) is 0 Å². The Morgan fingerprint density at radius 3 is 2.61 bits per heavy atom. The number of aryl methyl sites for hydroxylation is 1. The van der Waals surface area contributed by atoms with Crippen molar-refractivity contribution in [1.29, 1.82) is 0 Å². The Kier molecular flexibility index (Phi) is 3.74. The molecule has 1 aromatic heterocycles. The summed E-state index contributed by atoms with van der Waals surface area (Å²) in [5, 5.41) is 22.0. The lowest BCUT2D eigenvalue weighted by Gasteiger charge is -1.98. The van der Waals surface area contributed by atoms with Crippen molar-refractivity contribution >= 4 is 5.97 Å². The molecule has 5 nitrogen and oxygen atoms in total. The average Bonchev–Trinajstić information content (AvgIpc) is 2.81. The molecule has 5 heteroatoms. The molecular weight excluding hydrogens is 232 g/mol. The molecule has 0 aliphatic carbocycles. The summed E-state index contributed by atoms with van der Waals surface area (Å²) >= 11 is 0. The zero-order valence-electron chi connectivity index (χ0n) is 9.78. The Hall–Kier alpha value is -2.14. The van der Waals surface area contributed by atoms with Gasteiger partial charge in [-0.25, -0.2) is 9.48 Å². The summed E-state index contributed by atoms with van der Waals surface area (Å²) in [5.74, 6) is -1.04. The van der Waals surface area contributed by atoms with Crippen LogP contribution in [-0.4, -0.2) is 32.6 Å². The fourth-order valence-corrected chi connectivity index (χ4v) is 1.76. The molecule has 1 heterocycles. The number of aliphatic hydroxyl groups excluding tert-OH is 1. The first kappa shape index (κ1) is 12.3. The molecule has 18 heavy (non-hydrogen) atoms. The zero-order valence-corrected chi connectivity index (χ0v) is 9.78. The van der Waals surface area contributed by atoms with Crippen LogP contribution in [0.5, 0.6) is 0 Å². The third-order valence-electron chi connectivity index (χ3n) is 2.62. The van der Waals surface area contributed by atoms with Crippen LogP contribution >= 0.6 is 0 Å². The minimum Gasteiger partial charge on any atom is -0.476 e. The van der Waals surface area contributed by atoms with E-state index in [0.29, 0.717) is 18.4 Å². The highest BCUT2D eigenvalue weighted by molar-refractivity contribution is 5.87. The first-order valence-electron chi connectivity index (χ1n) is 5.70. The lowest BCUT2D eigenvalue weighted by Crippen LogP contribution is -2.03. The van der Waals surface area contributed by atoms with Crippen LogP contribution in [-0.2, 0) is 6.42 Å². The van der Waals surface area contributed by atoms with Gasteiger partial charge in [-0.1, -0.05) is 18.2 Å². The number of hydrogen-bond acceptors (Lipinski definition) is 3. The molecule has 0 radical (unpaired) electrons. The fourth-order valence-electron chi connectivity index (χ4n) is 1.76. The summed E-state index contributed by atoms with van der Waals surface area (Å²) in [6, 6.07) is 9.33. The van der Waals surface area contributed by atoms with Crippen molar-refractivity contribution in [3.05, 3.63) is 47.8 Å². The van der Waals surface area contributed by atoms with Crippen LogP contribution in [0.3, 0.4) is 0 Å². The summed E-state index contributed by atoms with van der Waals surface area (Å²) < 4.78 is 1.55. The second-order valence-electron chi connectivity index (χ2n) is 3.92. The molecule has 0 fully saturated rings. The van der Waals surface area contributed by atoms with Crippen molar-refractivity contribution in [2.24, 2.45) is 0 Å². The van der Waals surface area contributed by atoms with Crippen LogP contribution < -0.4 is 0 Å². The van der Waals surface area contributed by atoms with Gasteiger partial charge >= 0.3 is 5.97 Å². The first-order chi connectivity index (χ1) is 8.72. The van der Waals surface area contributed by atoms with Crippen molar-refractivity contribution in [2.45, 2.75) is 12.8 Å². The maximum atomic E-state index is 11.1. The van der Waals surface area contributed by atoms with Crippen LogP contribution in [0, 0.1) is 0 Å². The molecule has 0 amide bonds. The van der Waals surface area contributed by atoms with E-state index < -0.39 is 5.97 Å². The number of para-hydroxylation sites is 1. The Balaban J connectivity index is 2.36. The fraction of sp³-hybridized carbons (Fsp3) is 0.231. The molecule has 0 aliphatic rings. The highest BCUT2D eigenvalue weighted by Crippen LogP contribution is 2.14. The third-order valence-corrected chi connectivity index (χ3v) is 2.62. The molecule has 2 rings (SSSR count). The highest BCUT2D eigenvalue weighted by atomic mass is 16.4. The van der Waals surface area contributed by atoms with Gasteiger partial charge in [0.05, 0.1) is 5.69 Å². The molecule has 0 atom stereocenters. The molecule has 0 saturated heterocycles. The SMILES string of the molecule is O=C(O)c1nn(-c2ccccc2)cc1CCCO. The number of hydrogen-bond donors (Lipinski definition) is 2. The lowest BCUT2D eigenvalue weighted by molar-refractivity contribution is 0.0688. The molecule has 0 unspecified atom stereocenters. The number of benzene rings is 1. The maximum Gasteiger partial charge on any atom is 0.356 e. The van der Waals surface area contributed by atoms with Gasteiger partial charge in [-0.15, -0.1) is 0 Å². The lowest BCUT2D eigenvalue weighted by atomic mass is 10.1. The smallest absolute Gasteiger partial charge is 0.356 e. The number of carboxylic acids is 1. The molecule has 2 N–H and O–H groups in total. The summed E-state index contributed by atoms with van der Waals surface area (Å²) in [7, 11) is 0. The second-order valence-corrected chi connectivity index (χ2v) is 3.92. The molecule has 0 saturated carbocycles. The van der Waals surface area contributed by atoms with Crippen LogP contribution in [0.1, 0.15) is 22.5 Å². The van der Waals surface area contributed by atoms with Crippen molar-refractivity contribution in [3.8, 4) is 5.69 Å². The van der Waals surface area contributed by atoms with Crippen molar-refractivity contribution in [2.75, 3.05) is 6.61 Å². The summed E-state index contributed by atoms with van der Waals surface area (Å²) in [5.41, 5.74) is 1.50. The summed E-state index contributed by atoms with van der Waals surface area (Å²) in [6.07, 6.45) is 2.74. The van der Waals surface area contributed by atoms with Gasteiger partial charge in [-0.3, -0.25) is 0 Å². The van der Waals surface area contributed by atoms with Crippen LogP contribution in [0.2, 0.25) is 0 Å². The number of carboxylic acid groups (broad SMARTS) is 1. The molecular formula is C13H14N2O3. The van der Waals surface area contributed by atoms with Gasteiger partial charge in [0.1, 0.15) is 0 Å².